The quantitative estimate of drug-likeness (QED) is 0.721. The van der Waals surface area contributed by atoms with Crippen LogP contribution in [0.1, 0.15) is 36.4 Å². The molecule has 3 aromatic rings. The summed E-state index contributed by atoms with van der Waals surface area (Å²) >= 11 is 0. The minimum absolute atomic E-state index is 0.135. The Labute approximate surface area is 140 Å². The van der Waals surface area contributed by atoms with Crippen molar-refractivity contribution in [2.45, 2.75) is 40.5 Å². The van der Waals surface area contributed by atoms with Gasteiger partial charge in [0.25, 0.3) is 5.56 Å². The molecule has 0 saturated carbocycles. The van der Waals surface area contributed by atoms with Crippen molar-refractivity contribution in [1.29, 1.82) is 0 Å². The van der Waals surface area contributed by atoms with E-state index in [0.717, 1.165) is 23.2 Å². The average Bonchev–Trinajstić information content (AvgIpc) is 2.57. The standard InChI is InChI=1S/C20H21FN2O/c1-5-14-9-7-8-12(3)19(14)23-18(6-2)22-17-11-16(21)13(4)10-15(17)20(23)24/h7-11H,5-6H2,1-4H3. The van der Waals surface area contributed by atoms with Crippen molar-refractivity contribution < 1.29 is 4.39 Å². The first-order valence-corrected chi connectivity index (χ1v) is 8.28. The zero-order chi connectivity index (χ0) is 17.4. The molecule has 0 aliphatic carbocycles. The molecule has 0 unspecified atom stereocenters. The zero-order valence-corrected chi connectivity index (χ0v) is 14.5. The highest BCUT2D eigenvalue weighted by Gasteiger charge is 2.16. The number of aromatic nitrogens is 2. The van der Waals surface area contributed by atoms with Crippen molar-refractivity contribution in [3.05, 3.63) is 69.0 Å². The summed E-state index contributed by atoms with van der Waals surface area (Å²) in [4.78, 5) is 17.8. The highest BCUT2D eigenvalue weighted by atomic mass is 19.1. The molecule has 0 bridgehead atoms. The summed E-state index contributed by atoms with van der Waals surface area (Å²) in [5.74, 6) is 0.319. The molecule has 1 heterocycles. The van der Waals surface area contributed by atoms with Gasteiger partial charge in [0.1, 0.15) is 11.6 Å². The van der Waals surface area contributed by atoms with E-state index < -0.39 is 0 Å². The Hall–Kier alpha value is -2.49. The molecule has 3 nitrogen and oxygen atoms in total. The van der Waals surface area contributed by atoms with Gasteiger partial charge < -0.3 is 0 Å². The third-order valence-corrected chi connectivity index (χ3v) is 4.46. The van der Waals surface area contributed by atoms with E-state index in [1.807, 2.05) is 32.0 Å². The second-order valence-corrected chi connectivity index (χ2v) is 6.08. The number of halogens is 1. The molecular formula is C20H21FN2O. The van der Waals surface area contributed by atoms with E-state index in [-0.39, 0.29) is 11.4 Å². The van der Waals surface area contributed by atoms with E-state index in [2.05, 4.69) is 11.9 Å². The molecule has 124 valence electrons. The molecule has 2 aromatic carbocycles. The molecule has 0 aliphatic rings. The molecule has 0 radical (unpaired) electrons. The molecular weight excluding hydrogens is 303 g/mol. The molecule has 1 aromatic heterocycles. The normalized spacial score (nSPS) is 11.2. The summed E-state index contributed by atoms with van der Waals surface area (Å²) in [6.07, 6.45) is 1.42. The largest absolute Gasteiger partial charge is 0.268 e. The van der Waals surface area contributed by atoms with Crippen molar-refractivity contribution in [1.82, 2.24) is 9.55 Å². The second kappa shape index (κ2) is 6.19. The van der Waals surface area contributed by atoms with E-state index in [4.69, 9.17) is 0 Å². The van der Waals surface area contributed by atoms with Crippen LogP contribution in [0.5, 0.6) is 0 Å². The van der Waals surface area contributed by atoms with Gasteiger partial charge >= 0.3 is 0 Å². The number of nitrogens with zero attached hydrogens (tertiary/aromatic N) is 2. The fraction of sp³-hybridized carbons (Fsp3) is 0.300. The predicted molar refractivity (Wildman–Crippen MR) is 95.5 cm³/mol. The van der Waals surface area contributed by atoms with Crippen LogP contribution >= 0.6 is 0 Å². The van der Waals surface area contributed by atoms with E-state index in [9.17, 15) is 9.18 Å². The van der Waals surface area contributed by atoms with Crippen LogP contribution in [0.2, 0.25) is 0 Å². The van der Waals surface area contributed by atoms with Crippen LogP contribution in [0.3, 0.4) is 0 Å². The molecule has 4 heteroatoms. The summed E-state index contributed by atoms with van der Waals surface area (Å²) in [7, 11) is 0. The number of rotatable bonds is 3. The summed E-state index contributed by atoms with van der Waals surface area (Å²) in [5.41, 5.74) is 3.78. The van der Waals surface area contributed by atoms with Crippen LogP contribution in [-0.4, -0.2) is 9.55 Å². The summed E-state index contributed by atoms with van der Waals surface area (Å²) in [6.45, 7) is 7.69. The molecule has 0 amide bonds. The van der Waals surface area contributed by atoms with Gasteiger partial charge in [0.15, 0.2) is 0 Å². The molecule has 0 aliphatic heterocycles. The van der Waals surface area contributed by atoms with Crippen LogP contribution in [0.4, 0.5) is 4.39 Å². The molecule has 0 saturated heterocycles. The monoisotopic (exact) mass is 324 g/mol. The number of para-hydroxylation sites is 1. The van der Waals surface area contributed by atoms with Crippen molar-refractivity contribution in [3.63, 3.8) is 0 Å². The van der Waals surface area contributed by atoms with Crippen LogP contribution in [0, 0.1) is 19.7 Å². The van der Waals surface area contributed by atoms with Crippen molar-refractivity contribution in [2.24, 2.45) is 0 Å². The minimum atomic E-state index is -0.334. The first kappa shape index (κ1) is 16.4. The third-order valence-electron chi connectivity index (χ3n) is 4.46. The average molecular weight is 324 g/mol. The van der Waals surface area contributed by atoms with Gasteiger partial charge in [-0.05, 0) is 43.0 Å². The molecule has 0 N–H and O–H groups in total. The van der Waals surface area contributed by atoms with Crippen LogP contribution in [0.25, 0.3) is 16.6 Å². The Morgan fingerprint density at radius 3 is 2.50 bits per heavy atom. The van der Waals surface area contributed by atoms with Gasteiger partial charge in [0.2, 0.25) is 0 Å². The summed E-state index contributed by atoms with van der Waals surface area (Å²) < 4.78 is 15.6. The second-order valence-electron chi connectivity index (χ2n) is 6.08. The number of fused-ring (bicyclic) bond motifs is 1. The smallest absolute Gasteiger partial charge is 0.265 e. The summed E-state index contributed by atoms with van der Waals surface area (Å²) in [5, 5.41) is 0.455. The Morgan fingerprint density at radius 1 is 1.08 bits per heavy atom. The lowest BCUT2D eigenvalue weighted by atomic mass is 10.0. The van der Waals surface area contributed by atoms with Crippen molar-refractivity contribution >= 4 is 10.9 Å². The number of benzene rings is 2. The molecule has 0 fully saturated rings. The lowest BCUT2D eigenvalue weighted by molar-refractivity contribution is 0.620. The van der Waals surface area contributed by atoms with Gasteiger partial charge in [0.05, 0.1) is 16.6 Å². The molecule has 24 heavy (non-hydrogen) atoms. The van der Waals surface area contributed by atoms with Gasteiger partial charge in [-0.25, -0.2) is 9.37 Å². The Bertz CT molecular complexity index is 989. The molecule has 3 rings (SSSR count). The minimum Gasteiger partial charge on any atom is -0.268 e. The fourth-order valence-electron chi connectivity index (χ4n) is 3.15. The van der Waals surface area contributed by atoms with E-state index >= 15 is 0 Å². The van der Waals surface area contributed by atoms with E-state index in [1.165, 1.54) is 6.07 Å². The molecule has 0 spiro atoms. The maximum Gasteiger partial charge on any atom is 0.265 e. The maximum absolute atomic E-state index is 13.9. The lowest BCUT2D eigenvalue weighted by Crippen LogP contribution is -2.25. The van der Waals surface area contributed by atoms with Gasteiger partial charge in [0, 0.05) is 12.5 Å². The zero-order valence-electron chi connectivity index (χ0n) is 14.5. The van der Waals surface area contributed by atoms with E-state index in [1.54, 1.807) is 17.6 Å². The maximum atomic E-state index is 13.9. The highest BCUT2D eigenvalue weighted by Crippen LogP contribution is 2.22. The number of hydrogen-bond donors (Lipinski definition) is 0. The van der Waals surface area contributed by atoms with E-state index in [0.29, 0.717) is 28.7 Å². The fourth-order valence-corrected chi connectivity index (χ4v) is 3.15. The van der Waals surface area contributed by atoms with Crippen molar-refractivity contribution in [2.75, 3.05) is 0 Å². The molecule has 0 atom stereocenters. The highest BCUT2D eigenvalue weighted by molar-refractivity contribution is 5.79. The predicted octanol–water partition coefficient (Wildman–Crippen LogP) is 4.27. The van der Waals surface area contributed by atoms with Gasteiger partial charge in [-0.1, -0.05) is 32.0 Å². The lowest BCUT2D eigenvalue weighted by Gasteiger charge is -2.18. The van der Waals surface area contributed by atoms with Gasteiger partial charge in [-0.3, -0.25) is 9.36 Å². The van der Waals surface area contributed by atoms with Gasteiger partial charge in [-0.2, -0.15) is 0 Å². The number of aryl methyl sites for hydroxylation is 4. The Balaban J connectivity index is 2.47. The SMILES string of the molecule is CCc1cccc(C)c1-n1c(CC)nc2cc(F)c(C)cc2c1=O. The van der Waals surface area contributed by atoms with Gasteiger partial charge in [-0.15, -0.1) is 0 Å². The van der Waals surface area contributed by atoms with Crippen LogP contribution in [-0.2, 0) is 12.8 Å². The first-order chi connectivity index (χ1) is 11.5. The van der Waals surface area contributed by atoms with Crippen LogP contribution in [0.15, 0.2) is 35.1 Å². The van der Waals surface area contributed by atoms with Crippen LogP contribution < -0.4 is 5.56 Å². The Morgan fingerprint density at radius 2 is 1.83 bits per heavy atom. The third kappa shape index (κ3) is 2.52. The topological polar surface area (TPSA) is 34.9 Å². The summed E-state index contributed by atoms with van der Waals surface area (Å²) in [6, 6.07) is 8.99. The van der Waals surface area contributed by atoms with Crippen molar-refractivity contribution in [3.8, 4) is 5.69 Å². The first-order valence-electron chi connectivity index (χ1n) is 8.28. The Kier molecular flexibility index (Phi) is 4.22. The number of hydrogen-bond acceptors (Lipinski definition) is 2.